The zero-order valence-corrected chi connectivity index (χ0v) is 9.77. The summed E-state index contributed by atoms with van der Waals surface area (Å²) in [5.74, 6) is 0. The average molecular weight is 261 g/mol. The zero-order chi connectivity index (χ0) is 9.14. The molecule has 0 radical (unpaired) electrons. The van der Waals surface area contributed by atoms with Gasteiger partial charge < -0.3 is 5.73 Å². The Balaban J connectivity index is 0.00000144. The van der Waals surface area contributed by atoms with Crippen LogP contribution in [0.4, 0.5) is 0 Å². The predicted octanol–water partition coefficient (Wildman–Crippen LogP) is 3.57. The van der Waals surface area contributed by atoms with Crippen molar-refractivity contribution in [2.24, 2.45) is 5.73 Å². The normalized spacial score (nSPS) is 9.54. The minimum absolute atomic E-state index is 0. The molecule has 1 aromatic carbocycles. The van der Waals surface area contributed by atoms with Crippen molar-refractivity contribution in [3.8, 4) is 0 Å². The van der Waals surface area contributed by atoms with Crippen molar-refractivity contribution in [1.82, 2.24) is 0 Å². The first kappa shape index (κ1) is 13.3. The molecule has 5 heteroatoms. The van der Waals surface area contributed by atoms with Crippen LogP contribution in [0.1, 0.15) is 5.56 Å². The highest BCUT2D eigenvalue weighted by atomic mass is 35.5. The van der Waals surface area contributed by atoms with Crippen molar-refractivity contribution in [3.05, 3.63) is 32.8 Å². The summed E-state index contributed by atoms with van der Waals surface area (Å²) >= 11 is 17.6. The van der Waals surface area contributed by atoms with Crippen molar-refractivity contribution < 1.29 is 0 Å². The Labute approximate surface area is 98.6 Å². The molecule has 1 aromatic rings. The topological polar surface area (TPSA) is 26.0 Å². The molecule has 1 nitrogen and oxygen atoms in total. The monoisotopic (exact) mass is 259 g/mol. The van der Waals surface area contributed by atoms with Gasteiger partial charge in [0.2, 0.25) is 0 Å². The van der Waals surface area contributed by atoms with Gasteiger partial charge in [-0.15, -0.1) is 12.4 Å². The lowest BCUT2D eigenvalue weighted by atomic mass is 10.1. The zero-order valence-electron chi connectivity index (χ0n) is 6.69. The molecule has 0 atom stereocenters. The van der Waals surface area contributed by atoms with Crippen molar-refractivity contribution in [3.63, 3.8) is 0 Å². The maximum Gasteiger partial charge on any atom is 0.0639 e. The minimum atomic E-state index is 0. The molecule has 0 aromatic heterocycles. The van der Waals surface area contributed by atoms with E-state index in [1.165, 1.54) is 0 Å². The molecule has 0 aliphatic heterocycles. The Morgan fingerprint density at radius 3 is 2.15 bits per heavy atom. The third-order valence-electron chi connectivity index (χ3n) is 1.53. The highest BCUT2D eigenvalue weighted by molar-refractivity contribution is 6.44. The molecule has 2 N–H and O–H groups in total. The fourth-order valence-electron chi connectivity index (χ4n) is 0.943. The first-order chi connectivity index (χ1) is 5.66. The fourth-order valence-corrected chi connectivity index (χ4v) is 1.68. The van der Waals surface area contributed by atoms with Crippen molar-refractivity contribution >= 4 is 47.2 Å². The van der Waals surface area contributed by atoms with Gasteiger partial charge >= 0.3 is 0 Å². The molecule has 0 aliphatic carbocycles. The van der Waals surface area contributed by atoms with Crippen molar-refractivity contribution in [1.29, 1.82) is 0 Å². The lowest BCUT2D eigenvalue weighted by Gasteiger charge is -2.06. The molecule has 1 rings (SSSR count). The number of hydrogen-bond donors (Lipinski definition) is 1. The molecule has 0 bridgehead atoms. The molecule has 74 valence electrons. The average Bonchev–Trinajstić information content (AvgIpc) is 2.06. The van der Waals surface area contributed by atoms with Crippen LogP contribution >= 0.6 is 47.2 Å². The largest absolute Gasteiger partial charge is 0.330 e. The van der Waals surface area contributed by atoms with Gasteiger partial charge in [0.05, 0.1) is 10.0 Å². The molecular weight excluding hydrogens is 252 g/mol. The van der Waals surface area contributed by atoms with Gasteiger partial charge in [0.15, 0.2) is 0 Å². The number of benzene rings is 1. The van der Waals surface area contributed by atoms with Crippen LogP contribution in [0, 0.1) is 0 Å². The van der Waals surface area contributed by atoms with E-state index in [-0.39, 0.29) is 12.4 Å². The minimum Gasteiger partial charge on any atom is -0.330 e. The first-order valence-corrected chi connectivity index (χ1v) is 4.62. The molecule has 13 heavy (non-hydrogen) atoms. The Kier molecular flexibility index (Phi) is 6.10. The van der Waals surface area contributed by atoms with Crippen molar-refractivity contribution in [2.75, 3.05) is 6.54 Å². The standard InChI is InChI=1S/C8H8Cl3N.ClH/c9-6-1-2-7(10)8(11)5(6)3-4-12;/h1-2H,3-4,12H2;1H. The smallest absolute Gasteiger partial charge is 0.0639 e. The van der Waals surface area contributed by atoms with E-state index < -0.39 is 0 Å². The van der Waals surface area contributed by atoms with Crippen LogP contribution in [0.5, 0.6) is 0 Å². The van der Waals surface area contributed by atoms with E-state index >= 15 is 0 Å². The molecule has 0 saturated heterocycles. The number of rotatable bonds is 2. The summed E-state index contributed by atoms with van der Waals surface area (Å²) in [5, 5.41) is 1.65. The molecular formula is C8H9Cl4N. The second-order valence-electron chi connectivity index (χ2n) is 2.36. The Morgan fingerprint density at radius 1 is 1.08 bits per heavy atom. The predicted molar refractivity (Wildman–Crippen MR) is 61.5 cm³/mol. The van der Waals surface area contributed by atoms with Gasteiger partial charge in [-0.3, -0.25) is 0 Å². The van der Waals surface area contributed by atoms with Gasteiger partial charge in [-0.1, -0.05) is 34.8 Å². The highest BCUT2D eigenvalue weighted by Crippen LogP contribution is 2.31. The van der Waals surface area contributed by atoms with Crippen LogP contribution in [-0.2, 0) is 6.42 Å². The van der Waals surface area contributed by atoms with E-state index in [0.29, 0.717) is 28.0 Å². The molecule has 0 saturated carbocycles. The Bertz CT molecular complexity index is 288. The lowest BCUT2D eigenvalue weighted by molar-refractivity contribution is 0.969. The third-order valence-corrected chi connectivity index (χ3v) is 2.73. The van der Waals surface area contributed by atoms with Gasteiger partial charge in [-0.2, -0.15) is 0 Å². The van der Waals surface area contributed by atoms with Crippen LogP contribution < -0.4 is 5.73 Å². The van der Waals surface area contributed by atoms with E-state index in [1.54, 1.807) is 12.1 Å². The molecule has 0 amide bonds. The number of hydrogen-bond acceptors (Lipinski definition) is 1. The summed E-state index contributed by atoms with van der Waals surface area (Å²) in [5.41, 5.74) is 6.22. The maximum absolute atomic E-state index is 5.91. The summed E-state index contributed by atoms with van der Waals surface area (Å²) in [6, 6.07) is 3.40. The van der Waals surface area contributed by atoms with E-state index in [0.717, 1.165) is 5.56 Å². The molecule has 0 aliphatic rings. The molecule has 0 fully saturated rings. The van der Waals surface area contributed by atoms with Gasteiger partial charge in [-0.25, -0.2) is 0 Å². The second-order valence-corrected chi connectivity index (χ2v) is 3.55. The van der Waals surface area contributed by atoms with Crippen LogP contribution in [0.25, 0.3) is 0 Å². The van der Waals surface area contributed by atoms with Crippen LogP contribution in [0.3, 0.4) is 0 Å². The maximum atomic E-state index is 5.91. The van der Waals surface area contributed by atoms with Crippen molar-refractivity contribution in [2.45, 2.75) is 6.42 Å². The quantitative estimate of drug-likeness (QED) is 0.809. The van der Waals surface area contributed by atoms with E-state index in [2.05, 4.69) is 0 Å². The fraction of sp³-hybridized carbons (Fsp3) is 0.250. The summed E-state index contributed by atoms with van der Waals surface area (Å²) in [6.45, 7) is 0.514. The summed E-state index contributed by atoms with van der Waals surface area (Å²) in [7, 11) is 0. The van der Waals surface area contributed by atoms with Crippen LogP contribution in [-0.4, -0.2) is 6.54 Å². The number of nitrogens with two attached hydrogens (primary N) is 1. The van der Waals surface area contributed by atoms with Crippen LogP contribution in [0.15, 0.2) is 12.1 Å². The highest BCUT2D eigenvalue weighted by Gasteiger charge is 2.07. The summed E-state index contributed by atoms with van der Waals surface area (Å²) < 4.78 is 0. The van der Waals surface area contributed by atoms with E-state index in [9.17, 15) is 0 Å². The molecule has 0 unspecified atom stereocenters. The van der Waals surface area contributed by atoms with Gasteiger partial charge in [0, 0.05) is 5.02 Å². The number of halogens is 4. The van der Waals surface area contributed by atoms with Crippen LogP contribution in [0.2, 0.25) is 15.1 Å². The van der Waals surface area contributed by atoms with Gasteiger partial charge in [-0.05, 0) is 30.7 Å². The van der Waals surface area contributed by atoms with E-state index in [4.69, 9.17) is 40.5 Å². The summed E-state index contributed by atoms with van der Waals surface area (Å²) in [4.78, 5) is 0. The third kappa shape index (κ3) is 3.19. The molecule has 0 spiro atoms. The summed E-state index contributed by atoms with van der Waals surface area (Å²) in [6.07, 6.45) is 0.651. The van der Waals surface area contributed by atoms with E-state index in [1.807, 2.05) is 0 Å². The Hall–Kier alpha value is 0.340. The first-order valence-electron chi connectivity index (χ1n) is 3.49. The lowest BCUT2D eigenvalue weighted by Crippen LogP contribution is -2.03. The second kappa shape index (κ2) is 5.94. The Morgan fingerprint density at radius 2 is 1.62 bits per heavy atom. The van der Waals surface area contributed by atoms with Gasteiger partial charge in [0.1, 0.15) is 0 Å². The molecule has 0 heterocycles. The SMILES string of the molecule is Cl.NCCc1c(Cl)ccc(Cl)c1Cl. The van der Waals surface area contributed by atoms with Gasteiger partial charge in [0.25, 0.3) is 0 Å².